The Morgan fingerprint density at radius 1 is 1.00 bits per heavy atom. The molecule has 4 rings (SSSR count). The van der Waals surface area contributed by atoms with Gasteiger partial charge in [-0.3, -0.25) is 0 Å². The molecule has 0 saturated carbocycles. The lowest BCUT2D eigenvalue weighted by atomic mass is 9.97. The molecule has 5 heteroatoms. The number of hydrogen-bond donors (Lipinski definition) is 0. The fourth-order valence-corrected chi connectivity index (χ4v) is 4.17. The van der Waals surface area contributed by atoms with Crippen molar-refractivity contribution < 1.29 is 0 Å². The predicted molar refractivity (Wildman–Crippen MR) is 108 cm³/mol. The van der Waals surface area contributed by atoms with E-state index < -0.39 is 0 Å². The van der Waals surface area contributed by atoms with Crippen LogP contribution in [0.3, 0.4) is 0 Å². The Bertz CT molecular complexity index is 835. The van der Waals surface area contributed by atoms with E-state index in [0.29, 0.717) is 5.92 Å². The summed E-state index contributed by atoms with van der Waals surface area (Å²) in [6.45, 7) is 7.51. The van der Waals surface area contributed by atoms with Crippen LogP contribution in [0.5, 0.6) is 0 Å². The van der Waals surface area contributed by atoms with Gasteiger partial charge in [-0.05, 0) is 44.8 Å². The highest BCUT2D eigenvalue weighted by molar-refractivity contribution is 5.16. The molecule has 3 heterocycles. The van der Waals surface area contributed by atoms with E-state index in [1.807, 2.05) is 12.4 Å². The fraction of sp³-hybridized carbons (Fsp3) is 0.455. The van der Waals surface area contributed by atoms with E-state index in [1.54, 1.807) is 0 Å². The van der Waals surface area contributed by atoms with Crippen LogP contribution >= 0.6 is 0 Å². The first-order valence-electron chi connectivity index (χ1n) is 10.0. The highest BCUT2D eigenvalue weighted by Gasteiger charge is 2.24. The molecule has 0 bridgehead atoms. The van der Waals surface area contributed by atoms with Crippen LogP contribution in [0.15, 0.2) is 55.1 Å². The number of imidazole rings is 2. The van der Waals surface area contributed by atoms with Gasteiger partial charge in [0.05, 0.1) is 0 Å². The maximum atomic E-state index is 4.73. The molecular formula is C22H29N5. The molecule has 3 aromatic rings. The summed E-state index contributed by atoms with van der Waals surface area (Å²) in [5.74, 6) is 2.89. The molecule has 142 valence electrons. The van der Waals surface area contributed by atoms with Gasteiger partial charge in [0.25, 0.3) is 0 Å². The molecule has 27 heavy (non-hydrogen) atoms. The Morgan fingerprint density at radius 2 is 1.81 bits per heavy atom. The minimum Gasteiger partial charge on any atom is -0.335 e. The monoisotopic (exact) mass is 363 g/mol. The average Bonchev–Trinajstić information content (AvgIpc) is 3.32. The summed E-state index contributed by atoms with van der Waals surface area (Å²) in [4.78, 5) is 11.7. The summed E-state index contributed by atoms with van der Waals surface area (Å²) in [6, 6.07) is 10.7. The largest absolute Gasteiger partial charge is 0.335 e. The summed E-state index contributed by atoms with van der Waals surface area (Å²) in [5.41, 5.74) is 1.33. The summed E-state index contributed by atoms with van der Waals surface area (Å²) in [5, 5.41) is 0. The smallest absolute Gasteiger partial charge is 0.113 e. The van der Waals surface area contributed by atoms with Crippen molar-refractivity contribution in [1.82, 2.24) is 24.0 Å². The fourth-order valence-electron chi connectivity index (χ4n) is 4.17. The van der Waals surface area contributed by atoms with Crippen molar-refractivity contribution in [3.8, 4) is 0 Å². The van der Waals surface area contributed by atoms with Crippen molar-refractivity contribution in [2.24, 2.45) is 0 Å². The van der Waals surface area contributed by atoms with Crippen LogP contribution in [-0.4, -0.2) is 43.6 Å². The van der Waals surface area contributed by atoms with Crippen LogP contribution < -0.4 is 0 Å². The number of piperidine rings is 1. The molecule has 1 fully saturated rings. The quantitative estimate of drug-likeness (QED) is 0.642. The van der Waals surface area contributed by atoms with Gasteiger partial charge >= 0.3 is 0 Å². The number of rotatable bonds is 7. The van der Waals surface area contributed by atoms with Crippen LogP contribution in [0.2, 0.25) is 0 Å². The Kier molecular flexibility index (Phi) is 5.68. The second-order valence-electron chi connectivity index (χ2n) is 7.56. The van der Waals surface area contributed by atoms with Crippen molar-refractivity contribution >= 4 is 0 Å². The molecule has 0 amide bonds. The van der Waals surface area contributed by atoms with Crippen LogP contribution in [0.25, 0.3) is 0 Å². The van der Waals surface area contributed by atoms with Crippen molar-refractivity contribution in [3.63, 3.8) is 0 Å². The summed E-state index contributed by atoms with van der Waals surface area (Å²) in [7, 11) is 0. The van der Waals surface area contributed by atoms with Crippen molar-refractivity contribution in [2.45, 2.75) is 45.2 Å². The SMILES string of the molecule is Cc1nccn1CCCN1CCCC(c2nccn2Cc2ccccc2)C1. The molecule has 0 aliphatic carbocycles. The van der Waals surface area contributed by atoms with Gasteiger partial charge in [-0.2, -0.15) is 0 Å². The molecule has 1 aromatic carbocycles. The van der Waals surface area contributed by atoms with Gasteiger partial charge in [-0.15, -0.1) is 0 Å². The maximum absolute atomic E-state index is 4.73. The number of nitrogens with zero attached hydrogens (tertiary/aromatic N) is 5. The lowest BCUT2D eigenvalue weighted by Crippen LogP contribution is -2.36. The molecule has 1 aliphatic heterocycles. The predicted octanol–water partition coefficient (Wildman–Crippen LogP) is 3.71. The van der Waals surface area contributed by atoms with Crippen molar-refractivity contribution in [2.75, 3.05) is 19.6 Å². The van der Waals surface area contributed by atoms with Gasteiger partial charge < -0.3 is 14.0 Å². The third-order valence-corrected chi connectivity index (χ3v) is 5.61. The first-order valence-corrected chi connectivity index (χ1v) is 10.0. The molecule has 1 unspecified atom stereocenters. The minimum absolute atomic E-state index is 0.535. The van der Waals surface area contributed by atoms with Crippen molar-refractivity contribution in [3.05, 3.63) is 72.3 Å². The first-order chi connectivity index (χ1) is 13.3. The van der Waals surface area contributed by atoms with E-state index >= 15 is 0 Å². The van der Waals surface area contributed by atoms with Gasteiger partial charge in [0.1, 0.15) is 11.6 Å². The van der Waals surface area contributed by atoms with Crippen LogP contribution in [0, 0.1) is 6.92 Å². The average molecular weight is 364 g/mol. The Hall–Kier alpha value is -2.40. The third kappa shape index (κ3) is 4.48. The molecule has 1 saturated heterocycles. The zero-order chi connectivity index (χ0) is 18.5. The van der Waals surface area contributed by atoms with E-state index in [-0.39, 0.29) is 0 Å². The number of aromatic nitrogens is 4. The summed E-state index contributed by atoms with van der Waals surface area (Å²) < 4.78 is 4.58. The summed E-state index contributed by atoms with van der Waals surface area (Å²) in [6.07, 6.45) is 11.7. The highest BCUT2D eigenvalue weighted by Crippen LogP contribution is 2.26. The molecule has 5 nitrogen and oxygen atoms in total. The number of benzene rings is 1. The van der Waals surface area contributed by atoms with E-state index in [1.165, 1.54) is 37.2 Å². The molecule has 1 atom stereocenters. The normalized spacial score (nSPS) is 18.0. The Morgan fingerprint density at radius 3 is 2.63 bits per heavy atom. The molecule has 0 spiro atoms. The molecule has 2 aromatic heterocycles. The molecule has 0 N–H and O–H groups in total. The zero-order valence-corrected chi connectivity index (χ0v) is 16.2. The third-order valence-electron chi connectivity index (χ3n) is 5.61. The topological polar surface area (TPSA) is 38.9 Å². The summed E-state index contributed by atoms with van der Waals surface area (Å²) >= 11 is 0. The van der Waals surface area contributed by atoms with Gasteiger partial charge in [0.15, 0.2) is 0 Å². The Labute approximate surface area is 161 Å². The van der Waals surface area contributed by atoms with E-state index in [9.17, 15) is 0 Å². The molecule has 0 radical (unpaired) electrons. The first kappa shape index (κ1) is 18.0. The van der Waals surface area contributed by atoms with Gasteiger partial charge in [-0.25, -0.2) is 9.97 Å². The highest BCUT2D eigenvalue weighted by atomic mass is 15.2. The number of likely N-dealkylation sites (tertiary alicyclic amines) is 1. The van der Waals surface area contributed by atoms with Gasteiger partial charge in [0, 0.05) is 50.3 Å². The van der Waals surface area contributed by atoms with Gasteiger partial charge in [-0.1, -0.05) is 30.3 Å². The lowest BCUT2D eigenvalue weighted by molar-refractivity contribution is 0.197. The van der Waals surface area contributed by atoms with Crippen LogP contribution in [0.4, 0.5) is 0 Å². The zero-order valence-electron chi connectivity index (χ0n) is 16.2. The number of hydrogen-bond acceptors (Lipinski definition) is 3. The second-order valence-corrected chi connectivity index (χ2v) is 7.56. The van der Waals surface area contributed by atoms with Gasteiger partial charge in [0.2, 0.25) is 0 Å². The maximum Gasteiger partial charge on any atom is 0.113 e. The van der Waals surface area contributed by atoms with Crippen LogP contribution in [0.1, 0.15) is 42.4 Å². The minimum atomic E-state index is 0.535. The second kappa shape index (κ2) is 8.53. The number of aryl methyl sites for hydroxylation is 2. The lowest BCUT2D eigenvalue weighted by Gasteiger charge is -2.32. The van der Waals surface area contributed by atoms with E-state index in [0.717, 1.165) is 32.0 Å². The Balaban J connectivity index is 1.34. The van der Waals surface area contributed by atoms with Crippen molar-refractivity contribution in [1.29, 1.82) is 0 Å². The van der Waals surface area contributed by atoms with Crippen LogP contribution in [-0.2, 0) is 13.1 Å². The standard InChI is InChI=1S/C22H29N5/c1-19-23-10-15-26(19)14-6-13-25-12-5-9-21(18-25)22-24-11-16-27(22)17-20-7-3-2-4-8-20/h2-4,7-8,10-11,15-16,21H,5-6,9,12-14,17-18H2,1H3. The molecular weight excluding hydrogens is 334 g/mol. The van der Waals surface area contributed by atoms with E-state index in [2.05, 4.69) is 68.7 Å². The molecule has 1 aliphatic rings. The van der Waals surface area contributed by atoms with E-state index in [4.69, 9.17) is 4.98 Å².